The fraction of sp³-hybridized carbons (Fsp3) is 0.0952. The molecule has 0 saturated heterocycles. The third-order valence-electron chi connectivity index (χ3n) is 4.30. The van der Waals surface area contributed by atoms with Crippen LogP contribution in [-0.2, 0) is 4.79 Å². The van der Waals surface area contributed by atoms with Crippen molar-refractivity contribution in [1.29, 1.82) is 0 Å². The van der Waals surface area contributed by atoms with E-state index in [2.05, 4.69) is 20.6 Å². The van der Waals surface area contributed by atoms with E-state index in [4.69, 9.17) is 4.74 Å². The van der Waals surface area contributed by atoms with Crippen molar-refractivity contribution in [3.63, 3.8) is 0 Å². The fourth-order valence-corrected chi connectivity index (χ4v) is 3.63. The standard InChI is InChI=1S/C21H18N4O3S/c1-12(26)22-15-6-3-13(4-7-15)19-11-29-21(24-19)25-20(27)18-9-14-5-8-16(28-2)10-17(14)23-18/h3-11,23H,1-2H3,(H,22,26)(H,24,25,27). The number of benzene rings is 2. The Bertz CT molecular complexity index is 1190. The summed E-state index contributed by atoms with van der Waals surface area (Å²) in [6, 6.07) is 14.8. The minimum Gasteiger partial charge on any atom is -0.497 e. The molecule has 4 rings (SSSR count). The van der Waals surface area contributed by atoms with Gasteiger partial charge in [0.15, 0.2) is 5.13 Å². The van der Waals surface area contributed by atoms with Gasteiger partial charge in [-0.3, -0.25) is 14.9 Å². The van der Waals surface area contributed by atoms with Crippen LogP contribution in [0.1, 0.15) is 17.4 Å². The summed E-state index contributed by atoms with van der Waals surface area (Å²) < 4.78 is 5.21. The van der Waals surface area contributed by atoms with E-state index in [0.29, 0.717) is 10.8 Å². The lowest BCUT2D eigenvalue weighted by Crippen LogP contribution is -2.11. The molecule has 0 aliphatic rings. The molecule has 0 aliphatic carbocycles. The van der Waals surface area contributed by atoms with Crippen LogP contribution in [0.25, 0.3) is 22.2 Å². The number of nitrogens with zero attached hydrogens (tertiary/aromatic N) is 1. The van der Waals surface area contributed by atoms with Crippen LogP contribution in [0.15, 0.2) is 53.9 Å². The van der Waals surface area contributed by atoms with Crippen molar-refractivity contribution in [2.75, 3.05) is 17.7 Å². The maximum atomic E-state index is 12.6. The van der Waals surface area contributed by atoms with Crippen LogP contribution < -0.4 is 15.4 Å². The molecule has 0 unspecified atom stereocenters. The molecular formula is C21H18N4O3S. The molecule has 0 aliphatic heterocycles. The number of rotatable bonds is 5. The third kappa shape index (κ3) is 4.12. The maximum absolute atomic E-state index is 12.6. The van der Waals surface area contributed by atoms with Gasteiger partial charge in [0.1, 0.15) is 11.4 Å². The molecule has 8 heteroatoms. The first-order valence-corrected chi connectivity index (χ1v) is 9.71. The number of aromatic amines is 1. The van der Waals surface area contributed by atoms with Crippen LogP contribution in [-0.4, -0.2) is 28.9 Å². The second-order valence-electron chi connectivity index (χ2n) is 6.39. The number of methoxy groups -OCH3 is 1. The monoisotopic (exact) mass is 406 g/mol. The Kier molecular flexibility index (Phi) is 5.01. The zero-order chi connectivity index (χ0) is 20.4. The van der Waals surface area contributed by atoms with Crippen LogP contribution in [0.3, 0.4) is 0 Å². The van der Waals surface area contributed by atoms with Crippen LogP contribution >= 0.6 is 11.3 Å². The first kappa shape index (κ1) is 18.7. The van der Waals surface area contributed by atoms with Gasteiger partial charge in [-0.15, -0.1) is 11.3 Å². The van der Waals surface area contributed by atoms with E-state index in [9.17, 15) is 9.59 Å². The minimum atomic E-state index is -0.262. The molecule has 0 radical (unpaired) electrons. The molecule has 2 heterocycles. The van der Waals surface area contributed by atoms with Crippen molar-refractivity contribution >= 4 is 44.9 Å². The maximum Gasteiger partial charge on any atom is 0.273 e. The number of anilines is 2. The molecule has 0 fully saturated rings. The van der Waals surface area contributed by atoms with E-state index in [1.807, 2.05) is 47.8 Å². The number of ether oxygens (including phenoxy) is 1. The van der Waals surface area contributed by atoms with Crippen molar-refractivity contribution in [3.8, 4) is 17.0 Å². The first-order valence-electron chi connectivity index (χ1n) is 8.83. The third-order valence-corrected chi connectivity index (χ3v) is 5.06. The van der Waals surface area contributed by atoms with E-state index >= 15 is 0 Å². The van der Waals surface area contributed by atoms with Crippen molar-refractivity contribution < 1.29 is 14.3 Å². The zero-order valence-electron chi connectivity index (χ0n) is 15.8. The number of carbonyl (C=O) groups is 2. The molecule has 29 heavy (non-hydrogen) atoms. The molecular weight excluding hydrogens is 388 g/mol. The zero-order valence-corrected chi connectivity index (χ0v) is 16.6. The van der Waals surface area contributed by atoms with Crippen LogP contribution in [0.2, 0.25) is 0 Å². The molecule has 146 valence electrons. The number of H-pyrrole nitrogens is 1. The molecule has 0 spiro atoms. The van der Waals surface area contributed by atoms with E-state index in [0.717, 1.165) is 33.6 Å². The molecule has 7 nitrogen and oxygen atoms in total. The topological polar surface area (TPSA) is 96.1 Å². The summed E-state index contributed by atoms with van der Waals surface area (Å²) in [5, 5.41) is 8.86. The van der Waals surface area contributed by atoms with E-state index in [1.165, 1.54) is 18.3 Å². The van der Waals surface area contributed by atoms with Gasteiger partial charge < -0.3 is 15.0 Å². The molecule has 0 saturated carbocycles. The van der Waals surface area contributed by atoms with Crippen LogP contribution in [0.4, 0.5) is 10.8 Å². The van der Waals surface area contributed by atoms with Gasteiger partial charge in [-0.2, -0.15) is 0 Å². The number of aromatic nitrogens is 2. The lowest BCUT2D eigenvalue weighted by atomic mass is 10.1. The summed E-state index contributed by atoms with van der Waals surface area (Å²) >= 11 is 1.35. The Morgan fingerprint density at radius 3 is 2.59 bits per heavy atom. The predicted octanol–water partition coefficient (Wildman–Crippen LogP) is 4.51. The highest BCUT2D eigenvalue weighted by Crippen LogP contribution is 2.27. The van der Waals surface area contributed by atoms with Crippen molar-refractivity contribution in [1.82, 2.24) is 9.97 Å². The molecule has 3 N–H and O–H groups in total. The van der Waals surface area contributed by atoms with Gasteiger partial charge in [-0.05, 0) is 30.3 Å². The van der Waals surface area contributed by atoms with Crippen LogP contribution in [0.5, 0.6) is 5.75 Å². The molecule has 2 amide bonds. The number of hydrogen-bond acceptors (Lipinski definition) is 5. The highest BCUT2D eigenvalue weighted by Gasteiger charge is 2.13. The quantitative estimate of drug-likeness (QED) is 0.454. The summed E-state index contributed by atoms with van der Waals surface area (Å²) in [5.74, 6) is 0.342. The van der Waals surface area contributed by atoms with Crippen molar-refractivity contribution in [2.45, 2.75) is 6.92 Å². The Hall–Kier alpha value is -3.65. The Balaban J connectivity index is 1.48. The number of thiazole rings is 1. The van der Waals surface area contributed by atoms with Gasteiger partial charge in [0.05, 0.1) is 12.8 Å². The Morgan fingerprint density at radius 1 is 1.07 bits per heavy atom. The molecule has 2 aromatic heterocycles. The van der Waals surface area contributed by atoms with Gasteiger partial charge >= 0.3 is 0 Å². The van der Waals surface area contributed by atoms with E-state index in [1.54, 1.807) is 13.2 Å². The minimum absolute atomic E-state index is 0.119. The Morgan fingerprint density at radius 2 is 1.86 bits per heavy atom. The first-order chi connectivity index (χ1) is 14.0. The normalized spacial score (nSPS) is 10.7. The van der Waals surface area contributed by atoms with Gasteiger partial charge in [-0.1, -0.05) is 12.1 Å². The van der Waals surface area contributed by atoms with E-state index in [-0.39, 0.29) is 11.8 Å². The summed E-state index contributed by atoms with van der Waals surface area (Å²) in [5.41, 5.74) is 3.65. The van der Waals surface area contributed by atoms with Gasteiger partial charge in [0, 0.05) is 40.5 Å². The average Bonchev–Trinajstić information content (AvgIpc) is 3.34. The van der Waals surface area contributed by atoms with E-state index < -0.39 is 0 Å². The number of carbonyl (C=O) groups excluding carboxylic acids is 2. The largest absolute Gasteiger partial charge is 0.497 e. The smallest absolute Gasteiger partial charge is 0.273 e. The SMILES string of the molecule is COc1ccc2cc(C(=O)Nc3nc(-c4ccc(NC(C)=O)cc4)cs3)[nH]c2c1. The number of fused-ring (bicyclic) bond motifs is 1. The van der Waals surface area contributed by atoms with Gasteiger partial charge in [0.2, 0.25) is 5.91 Å². The summed E-state index contributed by atoms with van der Waals surface area (Å²) in [4.78, 5) is 31.3. The van der Waals surface area contributed by atoms with Crippen molar-refractivity contribution in [2.24, 2.45) is 0 Å². The lowest BCUT2D eigenvalue weighted by molar-refractivity contribution is -0.114. The number of amides is 2. The van der Waals surface area contributed by atoms with Crippen LogP contribution in [0, 0.1) is 0 Å². The predicted molar refractivity (Wildman–Crippen MR) is 115 cm³/mol. The second kappa shape index (κ2) is 7.76. The lowest BCUT2D eigenvalue weighted by Gasteiger charge is -2.02. The Labute approximate surface area is 170 Å². The average molecular weight is 406 g/mol. The highest BCUT2D eigenvalue weighted by atomic mass is 32.1. The summed E-state index contributed by atoms with van der Waals surface area (Å²) in [6.45, 7) is 1.47. The molecule has 0 atom stereocenters. The summed E-state index contributed by atoms with van der Waals surface area (Å²) in [6.07, 6.45) is 0. The van der Waals surface area contributed by atoms with Gasteiger partial charge in [0.25, 0.3) is 5.91 Å². The molecule has 4 aromatic rings. The summed E-state index contributed by atoms with van der Waals surface area (Å²) in [7, 11) is 1.60. The molecule has 2 aromatic carbocycles. The second-order valence-corrected chi connectivity index (χ2v) is 7.24. The van der Waals surface area contributed by atoms with Gasteiger partial charge in [-0.25, -0.2) is 4.98 Å². The number of nitrogens with one attached hydrogen (secondary N) is 3. The molecule has 0 bridgehead atoms. The fourth-order valence-electron chi connectivity index (χ4n) is 2.91. The van der Waals surface area contributed by atoms with Crippen molar-refractivity contribution in [3.05, 3.63) is 59.6 Å². The number of hydrogen-bond donors (Lipinski definition) is 3. The highest BCUT2D eigenvalue weighted by molar-refractivity contribution is 7.14.